The quantitative estimate of drug-likeness (QED) is 0.627. The molecule has 4 N–H and O–H groups in total. The molecular weight excluding hydrogens is 252 g/mol. The standard InChI is InChI=1S/C16H32N2O2/c1-12(2)13(10-11-17)8-9-16(20)18-14-6-4-3-5-7-15(14)19/h12-15,19H,3-11,17H2,1-2H3,(H,18,20). The lowest BCUT2D eigenvalue weighted by atomic mass is 9.88. The second-order valence-corrected chi connectivity index (χ2v) is 6.50. The summed E-state index contributed by atoms with van der Waals surface area (Å²) in [7, 11) is 0. The first-order chi connectivity index (χ1) is 9.54. The highest BCUT2D eigenvalue weighted by Crippen LogP contribution is 2.21. The van der Waals surface area contributed by atoms with E-state index in [0.717, 1.165) is 44.9 Å². The Morgan fingerprint density at radius 1 is 1.25 bits per heavy atom. The van der Waals surface area contributed by atoms with Crippen LogP contribution in [-0.4, -0.2) is 29.7 Å². The van der Waals surface area contributed by atoms with Crippen molar-refractivity contribution in [2.24, 2.45) is 17.6 Å². The first kappa shape index (κ1) is 17.4. The van der Waals surface area contributed by atoms with Crippen LogP contribution in [0, 0.1) is 11.8 Å². The number of carbonyl (C=O) groups excluding carboxylic acids is 1. The maximum Gasteiger partial charge on any atom is 0.220 e. The molecule has 1 amide bonds. The van der Waals surface area contributed by atoms with E-state index in [1.165, 1.54) is 0 Å². The minimum Gasteiger partial charge on any atom is -0.391 e. The van der Waals surface area contributed by atoms with Gasteiger partial charge in [-0.05, 0) is 44.1 Å². The minimum atomic E-state index is -0.369. The van der Waals surface area contributed by atoms with Crippen molar-refractivity contribution in [3.63, 3.8) is 0 Å². The van der Waals surface area contributed by atoms with E-state index in [0.29, 0.717) is 24.8 Å². The molecular formula is C16H32N2O2. The molecule has 4 nitrogen and oxygen atoms in total. The molecule has 0 aromatic rings. The Labute approximate surface area is 123 Å². The molecule has 0 aliphatic heterocycles. The number of hydrogen-bond donors (Lipinski definition) is 3. The second-order valence-electron chi connectivity index (χ2n) is 6.50. The van der Waals surface area contributed by atoms with E-state index >= 15 is 0 Å². The summed E-state index contributed by atoms with van der Waals surface area (Å²) in [6.45, 7) is 5.06. The predicted molar refractivity (Wildman–Crippen MR) is 82.3 cm³/mol. The Kier molecular flexibility index (Phi) is 8.15. The first-order valence-electron chi connectivity index (χ1n) is 8.22. The number of nitrogens with two attached hydrogens (primary N) is 1. The van der Waals surface area contributed by atoms with Gasteiger partial charge in [0.1, 0.15) is 0 Å². The molecule has 0 aromatic carbocycles. The monoisotopic (exact) mass is 284 g/mol. The van der Waals surface area contributed by atoms with Crippen LogP contribution < -0.4 is 11.1 Å². The molecule has 3 unspecified atom stereocenters. The third kappa shape index (κ3) is 6.23. The van der Waals surface area contributed by atoms with Crippen LogP contribution in [0.2, 0.25) is 0 Å². The highest BCUT2D eigenvalue weighted by molar-refractivity contribution is 5.76. The number of aliphatic hydroxyl groups is 1. The van der Waals surface area contributed by atoms with Gasteiger partial charge in [-0.3, -0.25) is 4.79 Å². The highest BCUT2D eigenvalue weighted by Gasteiger charge is 2.23. The summed E-state index contributed by atoms with van der Waals surface area (Å²) in [5.74, 6) is 1.17. The Morgan fingerprint density at radius 3 is 2.60 bits per heavy atom. The van der Waals surface area contributed by atoms with Crippen LogP contribution >= 0.6 is 0 Å². The molecule has 3 atom stereocenters. The van der Waals surface area contributed by atoms with E-state index in [1.807, 2.05) is 0 Å². The molecule has 1 fully saturated rings. The fraction of sp³-hybridized carbons (Fsp3) is 0.938. The molecule has 4 heteroatoms. The van der Waals surface area contributed by atoms with E-state index in [-0.39, 0.29) is 18.1 Å². The van der Waals surface area contributed by atoms with Crippen molar-refractivity contribution in [1.29, 1.82) is 0 Å². The van der Waals surface area contributed by atoms with Crippen molar-refractivity contribution < 1.29 is 9.90 Å². The average Bonchev–Trinajstić information content (AvgIpc) is 2.59. The largest absolute Gasteiger partial charge is 0.391 e. The number of rotatable bonds is 7. The van der Waals surface area contributed by atoms with Crippen LogP contribution in [0.3, 0.4) is 0 Å². The van der Waals surface area contributed by atoms with Crippen LogP contribution in [0.1, 0.15) is 65.2 Å². The van der Waals surface area contributed by atoms with Crippen LogP contribution in [-0.2, 0) is 4.79 Å². The SMILES string of the molecule is CC(C)C(CCN)CCC(=O)NC1CCCCCC1O. The summed E-state index contributed by atoms with van der Waals surface area (Å²) in [6.07, 6.45) is 7.10. The van der Waals surface area contributed by atoms with E-state index in [2.05, 4.69) is 19.2 Å². The lowest BCUT2D eigenvalue weighted by molar-refractivity contribution is -0.123. The minimum absolute atomic E-state index is 0.0444. The first-order valence-corrected chi connectivity index (χ1v) is 8.22. The lowest BCUT2D eigenvalue weighted by Crippen LogP contribution is -2.42. The van der Waals surface area contributed by atoms with Gasteiger partial charge in [-0.2, -0.15) is 0 Å². The number of carbonyl (C=O) groups is 1. The second kappa shape index (κ2) is 9.35. The average molecular weight is 284 g/mol. The van der Waals surface area contributed by atoms with Gasteiger partial charge in [0.05, 0.1) is 12.1 Å². The van der Waals surface area contributed by atoms with E-state index in [1.54, 1.807) is 0 Å². The van der Waals surface area contributed by atoms with Gasteiger partial charge >= 0.3 is 0 Å². The number of hydrogen-bond acceptors (Lipinski definition) is 3. The molecule has 1 aliphatic carbocycles. The van der Waals surface area contributed by atoms with Crippen molar-refractivity contribution in [1.82, 2.24) is 5.32 Å². The van der Waals surface area contributed by atoms with Gasteiger partial charge in [-0.1, -0.05) is 33.1 Å². The molecule has 0 radical (unpaired) electrons. The summed E-state index contributed by atoms with van der Waals surface area (Å²) >= 11 is 0. The zero-order chi connectivity index (χ0) is 15.0. The van der Waals surface area contributed by atoms with Gasteiger partial charge in [-0.15, -0.1) is 0 Å². The lowest BCUT2D eigenvalue weighted by Gasteiger charge is -2.23. The highest BCUT2D eigenvalue weighted by atomic mass is 16.3. The summed E-state index contributed by atoms with van der Waals surface area (Å²) < 4.78 is 0. The van der Waals surface area contributed by atoms with Crippen molar-refractivity contribution in [3.8, 4) is 0 Å². The van der Waals surface area contributed by atoms with Gasteiger partial charge in [-0.25, -0.2) is 0 Å². The maximum atomic E-state index is 12.0. The van der Waals surface area contributed by atoms with Crippen LogP contribution in [0.5, 0.6) is 0 Å². The summed E-state index contributed by atoms with van der Waals surface area (Å²) in [5.41, 5.74) is 5.62. The predicted octanol–water partition coefficient (Wildman–Crippen LogP) is 2.20. The van der Waals surface area contributed by atoms with Crippen molar-refractivity contribution in [2.75, 3.05) is 6.54 Å². The zero-order valence-corrected chi connectivity index (χ0v) is 13.1. The molecule has 0 aromatic heterocycles. The Morgan fingerprint density at radius 2 is 1.95 bits per heavy atom. The molecule has 0 spiro atoms. The molecule has 20 heavy (non-hydrogen) atoms. The van der Waals surface area contributed by atoms with Crippen molar-refractivity contribution >= 4 is 5.91 Å². The summed E-state index contributed by atoms with van der Waals surface area (Å²) in [4.78, 5) is 12.0. The molecule has 0 bridgehead atoms. The maximum absolute atomic E-state index is 12.0. The van der Waals surface area contributed by atoms with Crippen LogP contribution in [0.25, 0.3) is 0 Å². The van der Waals surface area contributed by atoms with E-state index in [4.69, 9.17) is 5.73 Å². The Hall–Kier alpha value is -0.610. The molecule has 1 aliphatic rings. The molecule has 0 heterocycles. The zero-order valence-electron chi connectivity index (χ0n) is 13.1. The van der Waals surface area contributed by atoms with Gasteiger partial charge in [0, 0.05) is 6.42 Å². The third-order valence-corrected chi connectivity index (χ3v) is 4.55. The smallest absolute Gasteiger partial charge is 0.220 e. The Bertz CT molecular complexity index is 282. The molecule has 1 rings (SSSR count). The summed E-state index contributed by atoms with van der Waals surface area (Å²) in [6, 6.07) is -0.0444. The van der Waals surface area contributed by atoms with Crippen molar-refractivity contribution in [2.45, 2.75) is 77.4 Å². The fourth-order valence-electron chi connectivity index (χ4n) is 3.08. The van der Waals surface area contributed by atoms with Crippen LogP contribution in [0.15, 0.2) is 0 Å². The van der Waals surface area contributed by atoms with Gasteiger partial charge in [0.15, 0.2) is 0 Å². The number of amides is 1. The number of aliphatic hydroxyl groups excluding tert-OH is 1. The van der Waals surface area contributed by atoms with Crippen molar-refractivity contribution in [3.05, 3.63) is 0 Å². The summed E-state index contributed by atoms with van der Waals surface area (Å²) in [5, 5.41) is 13.0. The van der Waals surface area contributed by atoms with E-state index in [9.17, 15) is 9.90 Å². The van der Waals surface area contributed by atoms with Gasteiger partial charge in [0.25, 0.3) is 0 Å². The molecule has 0 saturated heterocycles. The topological polar surface area (TPSA) is 75.4 Å². The fourth-order valence-corrected chi connectivity index (χ4v) is 3.08. The van der Waals surface area contributed by atoms with E-state index < -0.39 is 0 Å². The number of nitrogens with one attached hydrogen (secondary N) is 1. The van der Waals surface area contributed by atoms with Gasteiger partial charge < -0.3 is 16.2 Å². The van der Waals surface area contributed by atoms with Gasteiger partial charge in [0.2, 0.25) is 5.91 Å². The van der Waals surface area contributed by atoms with Crippen LogP contribution in [0.4, 0.5) is 0 Å². The Balaban J connectivity index is 2.34. The molecule has 118 valence electrons. The normalized spacial score (nSPS) is 25.2. The third-order valence-electron chi connectivity index (χ3n) is 4.55. The molecule has 1 saturated carbocycles.